The first-order valence-electron chi connectivity index (χ1n) is 5.40. The van der Waals surface area contributed by atoms with Crippen LogP contribution in [-0.2, 0) is 0 Å². The second-order valence-electron chi connectivity index (χ2n) is 4.47. The van der Waals surface area contributed by atoms with Gasteiger partial charge in [0.25, 0.3) is 0 Å². The average Bonchev–Trinajstić information content (AvgIpc) is 2.22. The number of halogens is 2. The molecule has 0 saturated heterocycles. The maximum absolute atomic E-state index is 13.5. The predicted octanol–water partition coefficient (Wildman–Crippen LogP) is 5.21. The lowest BCUT2D eigenvalue weighted by Crippen LogP contribution is -2.02. The second-order valence-corrected chi connectivity index (χ2v) is 5.01. The zero-order valence-corrected chi connectivity index (χ0v) is 11.1. The second kappa shape index (κ2) is 6.89. The lowest BCUT2D eigenvalue weighted by molar-refractivity contribution is 0.469. The van der Waals surface area contributed by atoms with Gasteiger partial charge in [-0.25, -0.2) is 8.78 Å². The van der Waals surface area contributed by atoms with Gasteiger partial charge in [0.05, 0.1) is 0 Å². The molecule has 0 saturated carbocycles. The highest BCUT2D eigenvalue weighted by atomic mass is 32.1. The third-order valence-electron chi connectivity index (χ3n) is 2.50. The zero-order valence-electron chi connectivity index (χ0n) is 10.2. The van der Waals surface area contributed by atoms with Crippen LogP contribution in [-0.4, -0.2) is 0 Å². The maximum Gasteiger partial charge on any atom is 0.171 e. The van der Waals surface area contributed by atoms with Gasteiger partial charge in [0.1, 0.15) is 0 Å². The Kier molecular flexibility index (Phi) is 6.65. The Labute approximate surface area is 103 Å². The van der Waals surface area contributed by atoms with Crippen molar-refractivity contribution in [3.8, 4) is 0 Å². The third-order valence-corrected chi connectivity index (χ3v) is 2.70. The lowest BCUT2D eigenvalue weighted by Gasteiger charge is -2.15. The minimum absolute atomic E-state index is 0.0687. The molecule has 0 aliphatic heterocycles. The molecule has 0 heterocycles. The minimum Gasteiger partial charge on any atom is -0.203 e. The Hall–Kier alpha value is -0.570. The first-order valence-corrected chi connectivity index (χ1v) is 5.84. The van der Waals surface area contributed by atoms with E-state index in [9.17, 15) is 8.78 Å². The molecule has 3 heteroatoms. The number of thiol groups is 1. The molecule has 1 atom stereocenters. The summed E-state index contributed by atoms with van der Waals surface area (Å²) in [6.07, 6.45) is 1.77. The number of allylic oxidation sites excluding steroid dienone is 3. The molecule has 0 aliphatic carbocycles. The Morgan fingerprint density at radius 3 is 1.94 bits per heavy atom. The van der Waals surface area contributed by atoms with E-state index < -0.39 is 11.7 Å². The van der Waals surface area contributed by atoms with E-state index in [0.717, 1.165) is 12.8 Å². The van der Waals surface area contributed by atoms with Crippen LogP contribution in [0.3, 0.4) is 0 Å². The quantitative estimate of drug-likeness (QED) is 0.483. The van der Waals surface area contributed by atoms with Gasteiger partial charge < -0.3 is 0 Å². The SMILES string of the molecule is C=C(S)/C(F)=C(/F)C(=C)C(C)CCC(C)C. The van der Waals surface area contributed by atoms with Gasteiger partial charge in [0, 0.05) is 4.91 Å². The number of hydrogen-bond donors (Lipinski definition) is 1. The van der Waals surface area contributed by atoms with E-state index in [4.69, 9.17) is 0 Å². The molecule has 0 fully saturated rings. The van der Waals surface area contributed by atoms with E-state index in [1.165, 1.54) is 0 Å². The molecule has 0 aromatic heterocycles. The Balaban J connectivity index is 4.56. The Morgan fingerprint density at radius 1 is 1.06 bits per heavy atom. The molecule has 0 N–H and O–H groups in total. The largest absolute Gasteiger partial charge is 0.203 e. The summed E-state index contributed by atoms with van der Waals surface area (Å²) in [6.45, 7) is 12.9. The van der Waals surface area contributed by atoms with Crippen molar-refractivity contribution >= 4 is 12.6 Å². The Bertz CT molecular complexity index is 303. The molecular weight excluding hydrogens is 226 g/mol. The van der Waals surface area contributed by atoms with Gasteiger partial charge in [-0.15, -0.1) is 12.6 Å². The van der Waals surface area contributed by atoms with Crippen LogP contribution >= 0.6 is 12.6 Å². The van der Waals surface area contributed by atoms with E-state index >= 15 is 0 Å². The average molecular weight is 246 g/mol. The molecule has 0 aromatic rings. The molecule has 0 nitrogen and oxygen atoms in total. The van der Waals surface area contributed by atoms with Crippen LogP contribution in [0.2, 0.25) is 0 Å². The van der Waals surface area contributed by atoms with E-state index in [-0.39, 0.29) is 16.4 Å². The van der Waals surface area contributed by atoms with Crippen molar-refractivity contribution in [3.63, 3.8) is 0 Å². The van der Waals surface area contributed by atoms with Crippen molar-refractivity contribution in [2.45, 2.75) is 33.6 Å². The molecule has 0 aromatic carbocycles. The highest BCUT2D eigenvalue weighted by molar-refractivity contribution is 7.84. The molecule has 0 spiro atoms. The summed E-state index contributed by atoms with van der Waals surface area (Å²) in [6, 6.07) is 0. The van der Waals surface area contributed by atoms with Crippen LogP contribution in [0.25, 0.3) is 0 Å². The van der Waals surface area contributed by atoms with E-state index in [1.807, 2.05) is 6.92 Å². The topological polar surface area (TPSA) is 0 Å². The lowest BCUT2D eigenvalue weighted by atomic mass is 9.92. The van der Waals surface area contributed by atoms with Crippen molar-refractivity contribution < 1.29 is 8.78 Å². The molecule has 92 valence electrons. The smallest absolute Gasteiger partial charge is 0.171 e. The fourth-order valence-corrected chi connectivity index (χ4v) is 1.34. The van der Waals surface area contributed by atoms with E-state index in [1.54, 1.807) is 0 Å². The third kappa shape index (κ3) is 4.97. The van der Waals surface area contributed by atoms with Crippen molar-refractivity contribution in [2.75, 3.05) is 0 Å². The van der Waals surface area contributed by atoms with Crippen molar-refractivity contribution in [1.82, 2.24) is 0 Å². The highest BCUT2D eigenvalue weighted by Gasteiger charge is 2.16. The van der Waals surface area contributed by atoms with Crippen LogP contribution in [0.15, 0.2) is 35.3 Å². The predicted molar refractivity (Wildman–Crippen MR) is 69.7 cm³/mol. The van der Waals surface area contributed by atoms with Gasteiger partial charge in [-0.3, -0.25) is 0 Å². The van der Waals surface area contributed by atoms with Gasteiger partial charge in [-0.05, 0) is 23.8 Å². The summed E-state index contributed by atoms with van der Waals surface area (Å²) in [5, 5.41) is 0. The van der Waals surface area contributed by atoms with Crippen LogP contribution in [0.5, 0.6) is 0 Å². The highest BCUT2D eigenvalue weighted by Crippen LogP contribution is 2.30. The van der Waals surface area contributed by atoms with Gasteiger partial charge in [-0.1, -0.05) is 40.3 Å². The van der Waals surface area contributed by atoms with Crippen LogP contribution in [0, 0.1) is 11.8 Å². The molecule has 0 radical (unpaired) electrons. The summed E-state index contributed by atoms with van der Waals surface area (Å²) in [5.41, 5.74) is 0.188. The fourth-order valence-electron chi connectivity index (χ4n) is 1.24. The molecule has 0 aliphatic rings. The molecule has 16 heavy (non-hydrogen) atoms. The molecule has 0 amide bonds. The maximum atomic E-state index is 13.5. The molecule has 0 rings (SSSR count). The monoisotopic (exact) mass is 246 g/mol. The van der Waals surface area contributed by atoms with E-state index in [0.29, 0.717) is 5.92 Å². The normalized spacial score (nSPS) is 14.7. The van der Waals surface area contributed by atoms with Crippen LogP contribution in [0.4, 0.5) is 8.78 Å². The molecule has 0 bridgehead atoms. The summed E-state index contributed by atoms with van der Waals surface area (Å²) in [4.78, 5) is -0.199. The Morgan fingerprint density at radius 2 is 1.56 bits per heavy atom. The fraction of sp³-hybridized carbons (Fsp3) is 0.538. The first kappa shape index (κ1) is 15.4. The van der Waals surface area contributed by atoms with E-state index in [2.05, 4.69) is 39.6 Å². The van der Waals surface area contributed by atoms with Crippen LogP contribution in [0.1, 0.15) is 33.6 Å². The van der Waals surface area contributed by atoms with Gasteiger partial charge in [-0.2, -0.15) is 0 Å². The summed E-state index contributed by atoms with van der Waals surface area (Å²) < 4.78 is 26.7. The molecule has 1 unspecified atom stereocenters. The van der Waals surface area contributed by atoms with Crippen molar-refractivity contribution in [3.05, 3.63) is 35.3 Å². The van der Waals surface area contributed by atoms with Crippen LogP contribution < -0.4 is 0 Å². The summed E-state index contributed by atoms with van der Waals surface area (Å²) in [7, 11) is 0. The van der Waals surface area contributed by atoms with Crippen molar-refractivity contribution in [2.24, 2.45) is 11.8 Å². The summed E-state index contributed by atoms with van der Waals surface area (Å²) >= 11 is 3.67. The number of rotatable bonds is 6. The minimum atomic E-state index is -1.01. The first-order chi connectivity index (χ1) is 7.27. The standard InChI is InChI=1S/C13H20F2S/c1-8(2)6-7-9(3)10(4)12(14)13(15)11(5)16/h8-9,16H,4-7H2,1-3H3/b13-12-. The zero-order chi connectivity index (χ0) is 12.9. The van der Waals surface area contributed by atoms with Gasteiger partial charge in [0.2, 0.25) is 0 Å². The van der Waals surface area contributed by atoms with Gasteiger partial charge >= 0.3 is 0 Å². The number of hydrogen-bond acceptors (Lipinski definition) is 1. The summed E-state index contributed by atoms with van der Waals surface area (Å²) in [5.74, 6) is -1.45. The van der Waals surface area contributed by atoms with Crippen molar-refractivity contribution in [1.29, 1.82) is 0 Å². The van der Waals surface area contributed by atoms with Gasteiger partial charge in [0.15, 0.2) is 11.7 Å². The molecular formula is C13H20F2S.